The van der Waals surface area contributed by atoms with E-state index in [1.807, 2.05) is 6.20 Å². The number of carbonyl (C=O) groups excluding carboxylic acids is 1. The van der Waals surface area contributed by atoms with Gasteiger partial charge in [-0.1, -0.05) is 6.92 Å². The molecule has 2 aromatic rings. The fourth-order valence-electron chi connectivity index (χ4n) is 3.22. The molecule has 2 aromatic heterocycles. The lowest BCUT2D eigenvalue weighted by atomic mass is 9.86. The van der Waals surface area contributed by atoms with Crippen LogP contribution in [0.4, 0.5) is 9.52 Å². The number of anilines is 1. The first-order valence-electron chi connectivity index (χ1n) is 8.43. The van der Waals surface area contributed by atoms with E-state index in [0.29, 0.717) is 16.9 Å². The molecule has 1 N–H and O–H groups in total. The largest absolute Gasteiger partial charge is 0.302 e. The van der Waals surface area contributed by atoms with Crippen LogP contribution in [0.3, 0.4) is 0 Å². The number of nitrogens with zero attached hydrogens (tertiary/aromatic N) is 4. The summed E-state index contributed by atoms with van der Waals surface area (Å²) in [4.78, 5) is 27.1. The monoisotopic (exact) mass is 363 g/mol. The van der Waals surface area contributed by atoms with Gasteiger partial charge >= 0.3 is 0 Å². The number of piperidine rings is 1. The van der Waals surface area contributed by atoms with Crippen LogP contribution >= 0.6 is 11.3 Å². The van der Waals surface area contributed by atoms with Crippen molar-refractivity contribution in [3.05, 3.63) is 35.1 Å². The van der Waals surface area contributed by atoms with E-state index in [0.717, 1.165) is 37.4 Å². The van der Waals surface area contributed by atoms with Gasteiger partial charge in [-0.05, 0) is 25.3 Å². The van der Waals surface area contributed by atoms with Crippen molar-refractivity contribution in [2.45, 2.75) is 39.2 Å². The average Bonchev–Trinajstić information content (AvgIpc) is 3.01. The molecule has 1 aliphatic heterocycles. The minimum absolute atomic E-state index is 0.105. The Hall–Kier alpha value is -1.93. The number of thiazole rings is 1. The van der Waals surface area contributed by atoms with Crippen LogP contribution in [0.1, 0.15) is 43.3 Å². The summed E-state index contributed by atoms with van der Waals surface area (Å²) in [6.45, 7) is 6.42. The van der Waals surface area contributed by atoms with Gasteiger partial charge in [0.2, 0.25) is 5.91 Å². The quantitative estimate of drug-likeness (QED) is 0.884. The van der Waals surface area contributed by atoms with E-state index in [-0.39, 0.29) is 11.8 Å². The number of rotatable bonds is 5. The van der Waals surface area contributed by atoms with Gasteiger partial charge in [0.05, 0.1) is 12.4 Å². The number of carbonyl (C=O) groups is 1. The zero-order valence-corrected chi connectivity index (χ0v) is 15.2. The molecule has 0 aromatic carbocycles. The Labute approximate surface area is 150 Å². The highest BCUT2D eigenvalue weighted by molar-refractivity contribution is 7.15. The number of hydrogen-bond acceptors (Lipinski definition) is 6. The lowest BCUT2D eigenvalue weighted by Gasteiger charge is -2.35. The van der Waals surface area contributed by atoms with Gasteiger partial charge in [0.15, 0.2) is 10.9 Å². The van der Waals surface area contributed by atoms with E-state index < -0.39 is 5.82 Å². The lowest BCUT2D eigenvalue weighted by Crippen LogP contribution is -2.37. The Morgan fingerprint density at radius 2 is 2.16 bits per heavy atom. The van der Waals surface area contributed by atoms with Gasteiger partial charge < -0.3 is 5.32 Å². The molecule has 0 spiro atoms. The number of hydrogen-bond donors (Lipinski definition) is 1. The Balaban J connectivity index is 1.60. The maximum atomic E-state index is 13.0. The molecule has 0 aliphatic carbocycles. The minimum atomic E-state index is -0.401. The van der Waals surface area contributed by atoms with Gasteiger partial charge in [0.1, 0.15) is 5.82 Å². The third kappa shape index (κ3) is 4.79. The van der Waals surface area contributed by atoms with Crippen LogP contribution < -0.4 is 5.32 Å². The van der Waals surface area contributed by atoms with Crippen LogP contribution in [-0.2, 0) is 11.3 Å². The second-order valence-electron chi connectivity index (χ2n) is 6.50. The smallest absolute Gasteiger partial charge is 0.223 e. The maximum Gasteiger partial charge on any atom is 0.223 e. The summed E-state index contributed by atoms with van der Waals surface area (Å²) in [6, 6.07) is 0. The van der Waals surface area contributed by atoms with Crippen molar-refractivity contribution in [1.29, 1.82) is 0 Å². The first-order chi connectivity index (χ1) is 12.0. The molecule has 134 valence electrons. The van der Waals surface area contributed by atoms with E-state index in [1.54, 1.807) is 0 Å². The summed E-state index contributed by atoms with van der Waals surface area (Å²) in [6.07, 6.45) is 6.54. The minimum Gasteiger partial charge on any atom is -0.302 e. The molecule has 0 unspecified atom stereocenters. The molecule has 3 rings (SSSR count). The van der Waals surface area contributed by atoms with Crippen molar-refractivity contribution < 1.29 is 9.18 Å². The fourth-order valence-corrected chi connectivity index (χ4v) is 4.12. The highest BCUT2D eigenvalue weighted by Crippen LogP contribution is 2.31. The first kappa shape index (κ1) is 17.9. The molecule has 1 fully saturated rings. The van der Waals surface area contributed by atoms with Crippen molar-refractivity contribution in [3.63, 3.8) is 0 Å². The van der Waals surface area contributed by atoms with Crippen molar-refractivity contribution in [2.75, 3.05) is 18.4 Å². The molecule has 6 nitrogen and oxygen atoms in total. The second kappa shape index (κ2) is 7.97. The van der Waals surface area contributed by atoms with E-state index in [9.17, 15) is 9.18 Å². The SMILES string of the molecule is CC(=O)Nc1ncc(CN2CCC[C@@H]([C@@H](C)c3ncc(F)cn3)C2)s1. The van der Waals surface area contributed by atoms with E-state index in [1.165, 1.54) is 30.7 Å². The van der Waals surface area contributed by atoms with Gasteiger partial charge in [-0.15, -0.1) is 11.3 Å². The number of amides is 1. The van der Waals surface area contributed by atoms with Crippen molar-refractivity contribution >= 4 is 22.4 Å². The highest BCUT2D eigenvalue weighted by Gasteiger charge is 2.27. The summed E-state index contributed by atoms with van der Waals surface area (Å²) in [5.74, 6) is 0.842. The molecule has 8 heteroatoms. The normalized spacial score (nSPS) is 19.6. The van der Waals surface area contributed by atoms with Gasteiger partial charge in [-0.2, -0.15) is 0 Å². The summed E-state index contributed by atoms with van der Waals surface area (Å²) >= 11 is 1.51. The fraction of sp³-hybridized carbons (Fsp3) is 0.529. The number of nitrogens with one attached hydrogen (secondary N) is 1. The summed E-state index contributed by atoms with van der Waals surface area (Å²) in [7, 11) is 0. The predicted molar refractivity (Wildman–Crippen MR) is 94.8 cm³/mol. The van der Waals surface area contributed by atoms with Crippen molar-refractivity contribution in [3.8, 4) is 0 Å². The second-order valence-corrected chi connectivity index (χ2v) is 7.61. The molecule has 3 heterocycles. The molecule has 0 radical (unpaired) electrons. The van der Waals surface area contributed by atoms with Crippen LogP contribution in [0, 0.1) is 11.7 Å². The molecule has 1 aliphatic rings. The van der Waals surface area contributed by atoms with Crippen molar-refractivity contribution in [1.82, 2.24) is 19.9 Å². The molecular formula is C17H22FN5OS. The Morgan fingerprint density at radius 1 is 1.40 bits per heavy atom. The Bertz CT molecular complexity index is 720. The zero-order chi connectivity index (χ0) is 17.8. The zero-order valence-electron chi connectivity index (χ0n) is 14.4. The predicted octanol–water partition coefficient (Wildman–Crippen LogP) is 3.05. The van der Waals surface area contributed by atoms with Crippen LogP contribution in [0.15, 0.2) is 18.6 Å². The standard InChI is InChI=1S/C17H22FN5OS/c1-11(16-19-6-14(18)7-20-16)13-4-3-5-23(9-13)10-15-8-21-17(25-15)22-12(2)24/h6-8,11,13H,3-5,9-10H2,1-2H3,(H,21,22,24)/t11-,13-/m1/s1. The molecular weight excluding hydrogens is 341 g/mol. The van der Waals surface area contributed by atoms with E-state index >= 15 is 0 Å². The van der Waals surface area contributed by atoms with Crippen LogP contribution in [-0.4, -0.2) is 38.8 Å². The highest BCUT2D eigenvalue weighted by atomic mass is 32.1. The Morgan fingerprint density at radius 3 is 2.88 bits per heavy atom. The molecule has 0 saturated carbocycles. The number of aromatic nitrogens is 3. The molecule has 1 saturated heterocycles. The average molecular weight is 363 g/mol. The van der Waals surface area contributed by atoms with Gasteiger partial charge in [-0.3, -0.25) is 9.69 Å². The summed E-state index contributed by atoms with van der Waals surface area (Å²) < 4.78 is 13.0. The molecule has 1 amide bonds. The van der Waals surface area contributed by atoms with Crippen LogP contribution in [0.5, 0.6) is 0 Å². The van der Waals surface area contributed by atoms with Gasteiger partial charge in [0, 0.05) is 37.0 Å². The number of likely N-dealkylation sites (tertiary alicyclic amines) is 1. The first-order valence-corrected chi connectivity index (χ1v) is 9.25. The van der Waals surface area contributed by atoms with Crippen molar-refractivity contribution in [2.24, 2.45) is 5.92 Å². The van der Waals surface area contributed by atoms with Gasteiger partial charge in [-0.25, -0.2) is 19.3 Å². The molecule has 0 bridgehead atoms. The molecule has 25 heavy (non-hydrogen) atoms. The lowest BCUT2D eigenvalue weighted by molar-refractivity contribution is -0.114. The Kier molecular flexibility index (Phi) is 5.70. The third-order valence-corrected chi connectivity index (χ3v) is 5.41. The maximum absolute atomic E-state index is 13.0. The van der Waals surface area contributed by atoms with Crippen LogP contribution in [0.25, 0.3) is 0 Å². The topological polar surface area (TPSA) is 71.0 Å². The van der Waals surface area contributed by atoms with Crippen LogP contribution in [0.2, 0.25) is 0 Å². The number of halogens is 1. The summed E-state index contributed by atoms with van der Waals surface area (Å²) in [5, 5.41) is 3.36. The van der Waals surface area contributed by atoms with Gasteiger partial charge in [0.25, 0.3) is 0 Å². The van der Waals surface area contributed by atoms with E-state index in [4.69, 9.17) is 0 Å². The molecule has 2 atom stereocenters. The third-order valence-electron chi connectivity index (χ3n) is 4.51. The van der Waals surface area contributed by atoms with E-state index in [2.05, 4.69) is 32.1 Å². The summed E-state index contributed by atoms with van der Waals surface area (Å²) in [5.41, 5.74) is 0.